The maximum absolute atomic E-state index is 11.6. The second-order valence-electron chi connectivity index (χ2n) is 3.54. The molecule has 1 aromatic carbocycles. The molecule has 1 aromatic rings. The van der Waals surface area contributed by atoms with Crippen LogP contribution in [0.25, 0.3) is 0 Å². The molecule has 0 aliphatic rings. The first-order valence-electron chi connectivity index (χ1n) is 5.17. The van der Waals surface area contributed by atoms with Gasteiger partial charge in [-0.05, 0) is 50.1 Å². The van der Waals surface area contributed by atoms with Crippen LogP contribution in [0.3, 0.4) is 0 Å². The molecular formula is C13H16N2O. The van der Waals surface area contributed by atoms with Crippen LogP contribution in [0, 0.1) is 13.8 Å². The maximum atomic E-state index is 11.6. The first-order valence-corrected chi connectivity index (χ1v) is 5.17. The van der Waals surface area contributed by atoms with E-state index in [-0.39, 0.29) is 5.91 Å². The third-order valence-electron chi connectivity index (χ3n) is 2.29. The van der Waals surface area contributed by atoms with Gasteiger partial charge in [-0.2, -0.15) is 5.10 Å². The van der Waals surface area contributed by atoms with Gasteiger partial charge < -0.3 is 0 Å². The molecule has 0 heterocycles. The Kier molecular flexibility index (Phi) is 4.45. The molecule has 0 radical (unpaired) electrons. The van der Waals surface area contributed by atoms with Gasteiger partial charge in [0.15, 0.2) is 0 Å². The summed E-state index contributed by atoms with van der Waals surface area (Å²) < 4.78 is 0. The summed E-state index contributed by atoms with van der Waals surface area (Å²) in [5.74, 6) is -0.191. The normalized spacial score (nSPS) is 11.2. The molecule has 0 fully saturated rings. The van der Waals surface area contributed by atoms with Crippen molar-refractivity contribution < 1.29 is 4.79 Å². The standard InChI is InChI=1S/C13H16N2O/c1-4-5-8-14-15-13(16)12-7-6-10(2)11(3)9-12/h4-9H,1-3H3,(H,15,16)/b5-4+,14-8+. The van der Waals surface area contributed by atoms with E-state index < -0.39 is 0 Å². The Morgan fingerprint density at radius 1 is 1.31 bits per heavy atom. The van der Waals surface area contributed by atoms with Crippen molar-refractivity contribution in [3.63, 3.8) is 0 Å². The lowest BCUT2D eigenvalue weighted by molar-refractivity contribution is 0.0955. The van der Waals surface area contributed by atoms with Gasteiger partial charge in [-0.3, -0.25) is 4.79 Å². The van der Waals surface area contributed by atoms with Crippen molar-refractivity contribution in [2.45, 2.75) is 20.8 Å². The summed E-state index contributed by atoms with van der Waals surface area (Å²) in [5, 5.41) is 3.78. The molecule has 84 valence electrons. The molecule has 0 aliphatic carbocycles. The quantitative estimate of drug-likeness (QED) is 0.612. The zero-order valence-corrected chi connectivity index (χ0v) is 9.82. The average Bonchev–Trinajstić information content (AvgIpc) is 2.28. The highest BCUT2D eigenvalue weighted by atomic mass is 16.2. The van der Waals surface area contributed by atoms with Gasteiger partial charge in [0.25, 0.3) is 5.91 Å². The minimum Gasteiger partial charge on any atom is -0.267 e. The Morgan fingerprint density at radius 3 is 2.69 bits per heavy atom. The molecule has 0 saturated heterocycles. The lowest BCUT2D eigenvalue weighted by atomic mass is 10.1. The Morgan fingerprint density at radius 2 is 2.06 bits per heavy atom. The van der Waals surface area contributed by atoms with Crippen LogP contribution in [-0.4, -0.2) is 12.1 Å². The van der Waals surface area contributed by atoms with Gasteiger partial charge in [0.05, 0.1) is 0 Å². The van der Waals surface area contributed by atoms with E-state index in [1.54, 1.807) is 18.4 Å². The van der Waals surface area contributed by atoms with Crippen molar-refractivity contribution in [1.29, 1.82) is 0 Å². The molecule has 0 bridgehead atoms. The van der Waals surface area contributed by atoms with Gasteiger partial charge in [-0.25, -0.2) is 5.43 Å². The highest BCUT2D eigenvalue weighted by Gasteiger charge is 2.04. The smallest absolute Gasteiger partial charge is 0.267 e. The van der Waals surface area contributed by atoms with Crippen molar-refractivity contribution in [3.8, 4) is 0 Å². The first-order chi connectivity index (χ1) is 7.65. The molecule has 0 saturated carbocycles. The van der Waals surface area contributed by atoms with Gasteiger partial charge in [0, 0.05) is 11.8 Å². The molecular weight excluding hydrogens is 200 g/mol. The van der Waals surface area contributed by atoms with Crippen LogP contribution >= 0.6 is 0 Å². The number of aryl methyl sites for hydroxylation is 2. The summed E-state index contributed by atoms with van der Waals surface area (Å²) in [7, 11) is 0. The van der Waals surface area contributed by atoms with Gasteiger partial charge in [-0.1, -0.05) is 12.1 Å². The summed E-state index contributed by atoms with van der Waals surface area (Å²) in [6, 6.07) is 5.58. The Hall–Kier alpha value is -1.90. The van der Waals surface area contributed by atoms with Gasteiger partial charge >= 0.3 is 0 Å². The number of carbonyl (C=O) groups is 1. The lowest BCUT2D eigenvalue weighted by Crippen LogP contribution is -2.17. The number of hydrogen-bond acceptors (Lipinski definition) is 2. The number of nitrogens with one attached hydrogen (secondary N) is 1. The monoisotopic (exact) mass is 216 g/mol. The van der Waals surface area contributed by atoms with Gasteiger partial charge in [-0.15, -0.1) is 0 Å². The molecule has 0 aromatic heterocycles. The fourth-order valence-corrected chi connectivity index (χ4v) is 1.17. The molecule has 16 heavy (non-hydrogen) atoms. The van der Waals surface area contributed by atoms with E-state index in [1.165, 1.54) is 5.56 Å². The van der Waals surface area contributed by atoms with E-state index in [0.29, 0.717) is 5.56 Å². The number of benzene rings is 1. The van der Waals surface area contributed by atoms with Crippen LogP contribution in [-0.2, 0) is 0 Å². The summed E-state index contributed by atoms with van der Waals surface area (Å²) in [6.45, 7) is 5.88. The fourth-order valence-electron chi connectivity index (χ4n) is 1.17. The minimum atomic E-state index is -0.191. The third kappa shape index (κ3) is 3.35. The largest absolute Gasteiger partial charge is 0.271 e. The Balaban J connectivity index is 2.70. The molecule has 1 N–H and O–H groups in total. The van der Waals surface area contributed by atoms with E-state index in [0.717, 1.165) is 5.56 Å². The second-order valence-corrected chi connectivity index (χ2v) is 3.54. The molecule has 3 heteroatoms. The van der Waals surface area contributed by atoms with Crippen molar-refractivity contribution in [2.24, 2.45) is 5.10 Å². The minimum absolute atomic E-state index is 0.191. The highest BCUT2D eigenvalue weighted by Crippen LogP contribution is 2.09. The molecule has 0 aliphatic heterocycles. The van der Waals surface area contributed by atoms with Crippen LogP contribution < -0.4 is 5.43 Å². The van der Waals surface area contributed by atoms with E-state index in [4.69, 9.17) is 0 Å². The van der Waals surface area contributed by atoms with Gasteiger partial charge in [0.1, 0.15) is 0 Å². The van der Waals surface area contributed by atoms with Crippen molar-refractivity contribution >= 4 is 12.1 Å². The zero-order chi connectivity index (χ0) is 12.0. The molecule has 1 rings (SSSR count). The van der Waals surface area contributed by atoms with Crippen LogP contribution in [0.4, 0.5) is 0 Å². The van der Waals surface area contributed by atoms with Gasteiger partial charge in [0.2, 0.25) is 0 Å². The Bertz CT molecular complexity index is 434. The second kappa shape index (κ2) is 5.85. The van der Waals surface area contributed by atoms with Crippen LogP contribution in [0.2, 0.25) is 0 Å². The van der Waals surface area contributed by atoms with Crippen LogP contribution in [0.5, 0.6) is 0 Å². The first kappa shape index (κ1) is 12.2. The molecule has 0 atom stereocenters. The summed E-state index contributed by atoms with van der Waals surface area (Å²) in [6.07, 6.45) is 5.13. The molecule has 0 unspecified atom stereocenters. The maximum Gasteiger partial charge on any atom is 0.271 e. The number of rotatable bonds is 3. The number of hydrazone groups is 1. The Labute approximate surface area is 95.9 Å². The van der Waals surface area contributed by atoms with Crippen LogP contribution in [0.15, 0.2) is 35.5 Å². The van der Waals surface area contributed by atoms with E-state index >= 15 is 0 Å². The fraction of sp³-hybridized carbons (Fsp3) is 0.231. The number of nitrogens with zero attached hydrogens (tertiary/aromatic N) is 1. The summed E-state index contributed by atoms with van der Waals surface area (Å²) >= 11 is 0. The number of amides is 1. The third-order valence-corrected chi connectivity index (χ3v) is 2.29. The molecule has 3 nitrogen and oxygen atoms in total. The number of hydrogen-bond donors (Lipinski definition) is 1. The number of carbonyl (C=O) groups excluding carboxylic acids is 1. The van der Waals surface area contributed by atoms with Crippen molar-refractivity contribution in [2.75, 3.05) is 0 Å². The van der Waals surface area contributed by atoms with E-state index in [9.17, 15) is 4.79 Å². The number of allylic oxidation sites excluding steroid dienone is 2. The molecule has 1 amide bonds. The van der Waals surface area contributed by atoms with E-state index in [1.807, 2.05) is 39.0 Å². The predicted molar refractivity (Wildman–Crippen MR) is 66.7 cm³/mol. The highest BCUT2D eigenvalue weighted by molar-refractivity contribution is 5.94. The zero-order valence-electron chi connectivity index (χ0n) is 9.82. The van der Waals surface area contributed by atoms with E-state index in [2.05, 4.69) is 10.5 Å². The van der Waals surface area contributed by atoms with Crippen LogP contribution in [0.1, 0.15) is 28.4 Å². The topological polar surface area (TPSA) is 41.5 Å². The van der Waals surface area contributed by atoms with Crippen molar-refractivity contribution in [3.05, 3.63) is 47.0 Å². The molecule has 0 spiro atoms. The SMILES string of the molecule is C/C=C/C=N/NC(=O)c1ccc(C)c(C)c1. The van der Waals surface area contributed by atoms with Crippen molar-refractivity contribution in [1.82, 2.24) is 5.43 Å². The summed E-state index contributed by atoms with van der Waals surface area (Å²) in [4.78, 5) is 11.6. The summed E-state index contributed by atoms with van der Waals surface area (Å²) in [5.41, 5.74) is 5.36. The predicted octanol–water partition coefficient (Wildman–Crippen LogP) is 2.60. The lowest BCUT2D eigenvalue weighted by Gasteiger charge is -2.03. The average molecular weight is 216 g/mol.